The smallest absolute Gasteiger partial charge is 0.328 e. The van der Waals surface area contributed by atoms with E-state index < -0.39 is 22.0 Å². The molecule has 148 valence electrons. The molecule has 2 heterocycles. The second kappa shape index (κ2) is 7.98. The van der Waals surface area contributed by atoms with E-state index in [0.29, 0.717) is 19.5 Å². The van der Waals surface area contributed by atoms with E-state index in [1.54, 1.807) is 12.1 Å². The molecule has 27 heavy (non-hydrogen) atoms. The van der Waals surface area contributed by atoms with Crippen LogP contribution in [0.15, 0.2) is 29.2 Å². The maximum absolute atomic E-state index is 13.0. The zero-order valence-electron chi connectivity index (χ0n) is 15.8. The largest absolute Gasteiger partial charge is 0.467 e. The van der Waals surface area contributed by atoms with E-state index in [4.69, 9.17) is 4.74 Å². The minimum Gasteiger partial charge on any atom is -0.467 e. The van der Waals surface area contributed by atoms with Gasteiger partial charge in [0.15, 0.2) is 0 Å². The Bertz CT molecular complexity index is 823. The second-order valence-corrected chi connectivity index (χ2v) is 9.06. The number of carbonyl (C=O) groups excluding carboxylic acids is 2. The van der Waals surface area contributed by atoms with Crippen molar-refractivity contribution in [2.45, 2.75) is 56.0 Å². The Kier molecular flexibility index (Phi) is 5.86. The number of amides is 1. The van der Waals surface area contributed by atoms with Crippen LogP contribution >= 0.6 is 0 Å². The lowest BCUT2D eigenvalue weighted by molar-refractivity contribution is -0.145. The van der Waals surface area contributed by atoms with Gasteiger partial charge in [-0.05, 0) is 50.8 Å². The van der Waals surface area contributed by atoms with E-state index in [-0.39, 0.29) is 22.4 Å². The van der Waals surface area contributed by atoms with Gasteiger partial charge < -0.3 is 9.64 Å². The molecule has 1 aromatic carbocycles. The van der Waals surface area contributed by atoms with Gasteiger partial charge in [0.25, 0.3) is 5.91 Å². The summed E-state index contributed by atoms with van der Waals surface area (Å²) in [5.41, 5.74) is 0.275. The predicted octanol–water partition coefficient (Wildman–Crippen LogP) is 2.03. The van der Waals surface area contributed by atoms with Crippen molar-refractivity contribution in [3.63, 3.8) is 0 Å². The van der Waals surface area contributed by atoms with Gasteiger partial charge in [-0.25, -0.2) is 13.2 Å². The van der Waals surface area contributed by atoms with E-state index >= 15 is 0 Å². The van der Waals surface area contributed by atoms with Gasteiger partial charge in [0.1, 0.15) is 6.04 Å². The molecule has 0 spiro atoms. The van der Waals surface area contributed by atoms with Crippen molar-refractivity contribution in [2.75, 3.05) is 20.2 Å². The highest BCUT2D eigenvalue weighted by Gasteiger charge is 2.36. The number of hydrogen-bond acceptors (Lipinski definition) is 5. The Hall–Kier alpha value is -1.93. The van der Waals surface area contributed by atoms with Crippen molar-refractivity contribution < 1.29 is 22.7 Å². The molecule has 0 N–H and O–H groups in total. The highest BCUT2D eigenvalue weighted by atomic mass is 32.2. The van der Waals surface area contributed by atoms with Gasteiger partial charge in [-0.3, -0.25) is 4.79 Å². The second-order valence-electron chi connectivity index (χ2n) is 7.17. The summed E-state index contributed by atoms with van der Waals surface area (Å²) in [5, 5.41) is 0. The minimum atomic E-state index is -3.65. The van der Waals surface area contributed by atoms with E-state index in [9.17, 15) is 18.0 Å². The molecular formula is C19H26N2O5S. The molecule has 0 aliphatic carbocycles. The number of nitrogens with zero attached hydrogens (tertiary/aromatic N) is 2. The average Bonchev–Trinajstić information content (AvgIpc) is 3.17. The molecule has 1 amide bonds. The van der Waals surface area contributed by atoms with Crippen LogP contribution in [0.4, 0.5) is 0 Å². The van der Waals surface area contributed by atoms with Gasteiger partial charge in [0.05, 0.1) is 12.0 Å². The zero-order chi connectivity index (χ0) is 19.6. The Balaban J connectivity index is 1.87. The summed E-state index contributed by atoms with van der Waals surface area (Å²) in [6, 6.07) is 5.46. The molecule has 0 bridgehead atoms. The summed E-state index contributed by atoms with van der Waals surface area (Å²) < 4.78 is 32.4. The van der Waals surface area contributed by atoms with E-state index in [0.717, 1.165) is 25.7 Å². The monoisotopic (exact) mass is 394 g/mol. The molecule has 2 aliphatic heterocycles. The molecule has 0 aromatic heterocycles. The van der Waals surface area contributed by atoms with Crippen molar-refractivity contribution in [2.24, 2.45) is 0 Å². The number of sulfonamides is 1. The quantitative estimate of drug-likeness (QED) is 0.730. The normalized spacial score (nSPS) is 24.0. The lowest BCUT2D eigenvalue weighted by Crippen LogP contribution is -2.42. The van der Waals surface area contributed by atoms with Crippen molar-refractivity contribution >= 4 is 21.9 Å². The number of likely N-dealkylation sites (tertiary alicyclic amines) is 1. The first kappa shape index (κ1) is 19.8. The van der Waals surface area contributed by atoms with Gasteiger partial charge in [0, 0.05) is 24.7 Å². The van der Waals surface area contributed by atoms with Crippen molar-refractivity contribution in [3.8, 4) is 0 Å². The van der Waals surface area contributed by atoms with Crippen LogP contribution in [0.5, 0.6) is 0 Å². The summed E-state index contributed by atoms with van der Waals surface area (Å²) in [7, 11) is -2.35. The lowest BCUT2D eigenvalue weighted by Gasteiger charge is -2.32. The summed E-state index contributed by atoms with van der Waals surface area (Å²) in [6.07, 6.45) is 3.98. The number of benzene rings is 1. The summed E-state index contributed by atoms with van der Waals surface area (Å²) >= 11 is 0. The van der Waals surface area contributed by atoms with Crippen LogP contribution in [0, 0.1) is 0 Å². The molecule has 2 aliphatic rings. The number of esters is 1. The molecule has 0 unspecified atom stereocenters. The fourth-order valence-electron chi connectivity index (χ4n) is 3.91. The number of ether oxygens (including phenoxy) is 1. The predicted molar refractivity (Wildman–Crippen MR) is 99.7 cm³/mol. The third-order valence-electron chi connectivity index (χ3n) is 5.42. The molecule has 7 nitrogen and oxygen atoms in total. The van der Waals surface area contributed by atoms with Crippen molar-refractivity contribution in [1.82, 2.24) is 9.21 Å². The third-order valence-corrected chi connectivity index (χ3v) is 7.43. The SMILES string of the molecule is COC(=O)[C@@H]1CCCN1C(=O)c1cccc(S(=O)(=O)N2CCCC[C@H]2C)c1. The van der Waals surface area contributed by atoms with Crippen LogP contribution in [0.25, 0.3) is 0 Å². The molecule has 2 fully saturated rings. The lowest BCUT2D eigenvalue weighted by atomic mass is 10.1. The molecule has 1 aromatic rings. The van der Waals surface area contributed by atoms with Crippen LogP contribution in [0.2, 0.25) is 0 Å². The molecule has 8 heteroatoms. The number of hydrogen-bond donors (Lipinski definition) is 0. The Morgan fingerprint density at radius 2 is 1.89 bits per heavy atom. The Labute approximate surface area is 160 Å². The summed E-state index contributed by atoms with van der Waals surface area (Å²) in [5.74, 6) is -0.779. The van der Waals surface area contributed by atoms with E-state index in [2.05, 4.69) is 0 Å². The Morgan fingerprint density at radius 3 is 2.59 bits per heavy atom. The molecule has 0 saturated carbocycles. The number of piperidine rings is 1. The van der Waals surface area contributed by atoms with Gasteiger partial charge in [-0.1, -0.05) is 12.5 Å². The van der Waals surface area contributed by atoms with Crippen LogP contribution < -0.4 is 0 Å². The van der Waals surface area contributed by atoms with Crippen LogP contribution in [0.3, 0.4) is 0 Å². The van der Waals surface area contributed by atoms with Gasteiger partial charge in [-0.2, -0.15) is 4.31 Å². The van der Waals surface area contributed by atoms with Gasteiger partial charge >= 0.3 is 5.97 Å². The molecule has 0 radical (unpaired) electrons. The highest BCUT2D eigenvalue weighted by Crippen LogP contribution is 2.27. The zero-order valence-corrected chi connectivity index (χ0v) is 16.6. The number of methoxy groups -OCH3 is 1. The van der Waals surface area contributed by atoms with Gasteiger partial charge in [0.2, 0.25) is 10.0 Å². The summed E-state index contributed by atoms with van der Waals surface area (Å²) in [4.78, 5) is 26.4. The molecular weight excluding hydrogens is 368 g/mol. The van der Waals surface area contributed by atoms with Crippen molar-refractivity contribution in [3.05, 3.63) is 29.8 Å². The Morgan fingerprint density at radius 1 is 1.11 bits per heavy atom. The van der Waals surface area contributed by atoms with Crippen molar-refractivity contribution in [1.29, 1.82) is 0 Å². The van der Waals surface area contributed by atoms with Gasteiger partial charge in [-0.15, -0.1) is 0 Å². The fraction of sp³-hybridized carbons (Fsp3) is 0.579. The van der Waals surface area contributed by atoms with Crippen LogP contribution in [0.1, 0.15) is 49.4 Å². The first-order valence-corrected chi connectivity index (χ1v) is 10.8. The molecule has 3 rings (SSSR count). The molecule has 2 saturated heterocycles. The average molecular weight is 394 g/mol. The summed E-state index contributed by atoms with van der Waals surface area (Å²) in [6.45, 7) is 2.87. The first-order valence-electron chi connectivity index (χ1n) is 9.37. The fourth-order valence-corrected chi connectivity index (χ4v) is 5.66. The number of carbonyl (C=O) groups is 2. The van der Waals surface area contributed by atoms with Crippen LogP contribution in [-0.2, 0) is 19.6 Å². The minimum absolute atomic E-state index is 0.0506. The van der Waals surface area contributed by atoms with E-state index in [1.165, 1.54) is 28.4 Å². The first-order chi connectivity index (χ1) is 12.9. The highest BCUT2D eigenvalue weighted by molar-refractivity contribution is 7.89. The maximum Gasteiger partial charge on any atom is 0.328 e. The standard InChI is InChI=1S/C19H26N2O5S/c1-14-7-3-4-12-21(14)27(24,25)16-9-5-8-15(13-16)18(22)20-11-6-10-17(20)19(23)26-2/h5,8-9,13-14,17H,3-4,6-7,10-12H2,1-2H3/t14-,17+/m1/s1. The van der Waals surface area contributed by atoms with E-state index in [1.807, 2.05) is 6.92 Å². The topological polar surface area (TPSA) is 84.0 Å². The maximum atomic E-state index is 13.0. The molecule has 2 atom stereocenters. The third kappa shape index (κ3) is 3.87. The van der Waals surface area contributed by atoms with Crippen LogP contribution in [-0.4, -0.2) is 61.8 Å². The number of rotatable bonds is 4.